The first-order valence-electron chi connectivity index (χ1n) is 8.51. The Bertz CT molecular complexity index is 602. The molecule has 0 unspecified atom stereocenters. The number of hydrogen-bond acceptors (Lipinski definition) is 4. The number of hydrogen-bond donors (Lipinski definition) is 5. The molecule has 1 aromatic rings. The van der Waals surface area contributed by atoms with Gasteiger partial charge in [0.15, 0.2) is 0 Å². The highest BCUT2D eigenvalue weighted by atomic mass is 16.3. The summed E-state index contributed by atoms with van der Waals surface area (Å²) >= 11 is 0. The number of nitrogens with one attached hydrogen (secondary N) is 3. The zero-order valence-electron chi connectivity index (χ0n) is 15.1. The third-order valence-electron chi connectivity index (χ3n) is 3.49. The van der Waals surface area contributed by atoms with E-state index in [1.165, 1.54) is 6.42 Å². The molecule has 0 saturated carbocycles. The Labute approximate surface area is 153 Å². The minimum Gasteiger partial charge on any atom is -0.392 e. The number of aliphatic hydroxyl groups is 1. The number of carbonyl (C=O) groups excluding carboxylic acids is 3. The monoisotopic (exact) mass is 363 g/mol. The fourth-order valence-electron chi connectivity index (χ4n) is 2.23. The average Bonchev–Trinajstić information content (AvgIpc) is 2.57. The van der Waals surface area contributed by atoms with E-state index in [1.54, 1.807) is 24.3 Å². The van der Waals surface area contributed by atoms with Crippen molar-refractivity contribution in [2.24, 2.45) is 11.7 Å². The van der Waals surface area contributed by atoms with Gasteiger partial charge in [-0.15, -0.1) is 0 Å². The van der Waals surface area contributed by atoms with Crippen molar-refractivity contribution in [1.82, 2.24) is 10.6 Å². The van der Waals surface area contributed by atoms with Crippen LogP contribution in [0.25, 0.3) is 0 Å². The number of primary amides is 1. The Kier molecular flexibility index (Phi) is 9.14. The molecule has 1 radical (unpaired) electrons. The lowest BCUT2D eigenvalue weighted by Crippen LogP contribution is -2.44. The van der Waals surface area contributed by atoms with Crippen LogP contribution in [0, 0.1) is 12.3 Å². The van der Waals surface area contributed by atoms with E-state index in [4.69, 9.17) is 10.8 Å². The minimum atomic E-state index is -0.746. The molecule has 0 aromatic heterocycles. The van der Waals surface area contributed by atoms with Crippen LogP contribution in [0.3, 0.4) is 0 Å². The van der Waals surface area contributed by atoms with Crippen molar-refractivity contribution in [3.05, 3.63) is 36.2 Å². The van der Waals surface area contributed by atoms with Crippen LogP contribution in [0.5, 0.6) is 0 Å². The maximum atomic E-state index is 12.5. The molecule has 0 fully saturated rings. The lowest BCUT2D eigenvalue weighted by atomic mass is 10.1. The fraction of sp³-hybridized carbons (Fsp3) is 0.444. The maximum absolute atomic E-state index is 12.5. The van der Waals surface area contributed by atoms with E-state index < -0.39 is 12.1 Å². The molecule has 0 aliphatic heterocycles. The second-order valence-electron chi connectivity index (χ2n) is 6.25. The number of urea groups is 1. The van der Waals surface area contributed by atoms with Crippen LogP contribution >= 0.6 is 0 Å². The smallest absolute Gasteiger partial charge is 0.312 e. The van der Waals surface area contributed by atoms with Gasteiger partial charge in [-0.3, -0.25) is 9.59 Å². The molecular formula is C18H27N4O4. The van der Waals surface area contributed by atoms with E-state index in [0.29, 0.717) is 25.1 Å². The maximum Gasteiger partial charge on any atom is 0.312 e. The number of amides is 4. The first-order chi connectivity index (χ1) is 12.3. The molecule has 8 nitrogen and oxygen atoms in total. The van der Waals surface area contributed by atoms with Gasteiger partial charge in [0.1, 0.15) is 6.04 Å². The molecule has 0 saturated heterocycles. The fourth-order valence-corrected chi connectivity index (χ4v) is 2.23. The Morgan fingerprint density at radius 2 is 1.85 bits per heavy atom. The van der Waals surface area contributed by atoms with Gasteiger partial charge in [-0.1, -0.05) is 26.0 Å². The molecule has 0 aliphatic carbocycles. The van der Waals surface area contributed by atoms with Crippen LogP contribution in [0.4, 0.5) is 10.5 Å². The zero-order chi connectivity index (χ0) is 19.5. The first kappa shape index (κ1) is 21.4. The molecule has 0 heterocycles. The van der Waals surface area contributed by atoms with Gasteiger partial charge in [-0.25, -0.2) is 4.79 Å². The Balaban J connectivity index is 2.68. The summed E-state index contributed by atoms with van der Waals surface area (Å²) in [6.45, 7) is 3.97. The van der Waals surface area contributed by atoms with Gasteiger partial charge in [0.05, 0.1) is 13.0 Å². The van der Waals surface area contributed by atoms with Crippen LogP contribution in [-0.2, 0) is 16.2 Å². The van der Waals surface area contributed by atoms with E-state index in [-0.39, 0.29) is 24.3 Å². The summed E-state index contributed by atoms with van der Waals surface area (Å²) in [5, 5.41) is 16.9. The van der Waals surface area contributed by atoms with Gasteiger partial charge >= 0.3 is 6.03 Å². The van der Waals surface area contributed by atoms with Gasteiger partial charge in [0, 0.05) is 12.2 Å². The second-order valence-corrected chi connectivity index (χ2v) is 6.25. The van der Waals surface area contributed by atoms with Gasteiger partial charge in [0.25, 0.3) is 0 Å². The van der Waals surface area contributed by atoms with Crippen molar-refractivity contribution < 1.29 is 19.5 Å². The Hall–Kier alpha value is -2.61. The van der Waals surface area contributed by atoms with Gasteiger partial charge < -0.3 is 26.8 Å². The van der Waals surface area contributed by atoms with Crippen molar-refractivity contribution in [2.75, 3.05) is 11.9 Å². The van der Waals surface area contributed by atoms with Crippen LogP contribution in [0.1, 0.15) is 32.3 Å². The molecule has 1 aromatic carbocycles. The molecule has 4 amide bonds. The standard InChI is InChI=1S/C18H27N4O4/c1-12(2)10-16(24)22-15(4-3-9-20-18(19)26)17(25)21-14-7-5-13(11-23)6-8-14/h5-8,10,12,15,23H,3-4,9,11H2,1-2H3,(H,21,25)(H,22,24)(H3,19,20,26)/t15-/m0/s1. The first-order valence-corrected chi connectivity index (χ1v) is 8.51. The average molecular weight is 363 g/mol. The molecule has 143 valence electrons. The topological polar surface area (TPSA) is 134 Å². The van der Waals surface area contributed by atoms with Crippen molar-refractivity contribution in [3.8, 4) is 0 Å². The molecule has 6 N–H and O–H groups in total. The third-order valence-corrected chi connectivity index (χ3v) is 3.49. The quantitative estimate of drug-likeness (QED) is 0.395. The number of aliphatic hydroxyl groups excluding tert-OH is 1. The van der Waals surface area contributed by atoms with Crippen molar-refractivity contribution >= 4 is 23.5 Å². The van der Waals surface area contributed by atoms with Crippen LogP contribution in [0.2, 0.25) is 0 Å². The number of carbonyl (C=O) groups is 3. The van der Waals surface area contributed by atoms with Crippen molar-refractivity contribution in [3.63, 3.8) is 0 Å². The Morgan fingerprint density at radius 3 is 2.38 bits per heavy atom. The summed E-state index contributed by atoms with van der Waals surface area (Å²) in [7, 11) is 0. The van der Waals surface area contributed by atoms with E-state index in [0.717, 1.165) is 5.56 Å². The van der Waals surface area contributed by atoms with E-state index >= 15 is 0 Å². The van der Waals surface area contributed by atoms with Crippen molar-refractivity contribution in [2.45, 2.75) is 39.3 Å². The molecule has 8 heteroatoms. The van der Waals surface area contributed by atoms with Crippen LogP contribution in [-0.4, -0.2) is 35.5 Å². The predicted octanol–water partition coefficient (Wildman–Crippen LogP) is 0.911. The lowest BCUT2D eigenvalue weighted by Gasteiger charge is -2.19. The summed E-state index contributed by atoms with van der Waals surface area (Å²) in [5.41, 5.74) is 6.31. The lowest BCUT2D eigenvalue weighted by molar-refractivity contribution is -0.125. The van der Waals surface area contributed by atoms with Gasteiger partial charge in [-0.05, 0) is 36.5 Å². The van der Waals surface area contributed by atoms with Crippen LogP contribution in [0.15, 0.2) is 24.3 Å². The van der Waals surface area contributed by atoms with E-state index in [1.807, 2.05) is 13.8 Å². The molecule has 26 heavy (non-hydrogen) atoms. The predicted molar refractivity (Wildman–Crippen MR) is 98.9 cm³/mol. The highest BCUT2D eigenvalue weighted by Gasteiger charge is 2.21. The SMILES string of the molecule is CC(C)[CH]C(=O)N[C@@H](CCCNC(N)=O)C(=O)Nc1ccc(CO)cc1. The van der Waals surface area contributed by atoms with Crippen molar-refractivity contribution in [1.29, 1.82) is 0 Å². The molecule has 0 bridgehead atoms. The number of nitrogens with two attached hydrogens (primary N) is 1. The van der Waals surface area contributed by atoms with E-state index in [9.17, 15) is 14.4 Å². The highest BCUT2D eigenvalue weighted by Crippen LogP contribution is 2.11. The summed E-state index contributed by atoms with van der Waals surface area (Å²) < 4.78 is 0. The minimum absolute atomic E-state index is 0.0567. The summed E-state index contributed by atoms with van der Waals surface area (Å²) in [4.78, 5) is 35.2. The molecule has 0 aliphatic rings. The molecule has 0 spiro atoms. The zero-order valence-corrected chi connectivity index (χ0v) is 15.1. The summed E-state index contributed by atoms with van der Waals surface area (Å²) in [6.07, 6.45) is 2.32. The molecular weight excluding hydrogens is 336 g/mol. The largest absolute Gasteiger partial charge is 0.392 e. The molecule has 1 rings (SSSR count). The van der Waals surface area contributed by atoms with Gasteiger partial charge in [-0.2, -0.15) is 0 Å². The third kappa shape index (κ3) is 8.48. The highest BCUT2D eigenvalue weighted by molar-refractivity contribution is 5.98. The number of rotatable bonds is 10. The van der Waals surface area contributed by atoms with Gasteiger partial charge in [0.2, 0.25) is 11.8 Å². The summed E-state index contributed by atoms with van der Waals surface area (Å²) in [5.74, 6) is -0.619. The molecule has 1 atom stereocenters. The normalized spacial score (nSPS) is 11.7. The number of anilines is 1. The number of benzene rings is 1. The van der Waals surface area contributed by atoms with Crippen LogP contribution < -0.4 is 21.7 Å². The Morgan fingerprint density at radius 1 is 1.19 bits per heavy atom. The summed E-state index contributed by atoms with van der Waals surface area (Å²) in [6, 6.07) is 5.38. The van der Waals surface area contributed by atoms with E-state index in [2.05, 4.69) is 16.0 Å². The second kappa shape index (κ2) is 11.1.